The molecule has 5 nitrogen and oxygen atoms in total. The van der Waals surface area contributed by atoms with Gasteiger partial charge in [-0.2, -0.15) is 0 Å². The molecule has 1 aromatic heterocycles. The molecule has 1 amide bonds. The average molecular weight is 397 g/mol. The molecule has 1 heterocycles. The summed E-state index contributed by atoms with van der Waals surface area (Å²) in [5.74, 6) is 1.32. The van der Waals surface area contributed by atoms with E-state index in [0.29, 0.717) is 28.7 Å². The Hall–Kier alpha value is -2.73. The third-order valence-corrected chi connectivity index (χ3v) is 5.88. The smallest absolute Gasteiger partial charge is 0.251 e. The number of rotatable bonds is 7. The molecular formula is C22H24N2O3S. The lowest BCUT2D eigenvalue weighted by molar-refractivity contribution is 0.0939. The molecule has 0 aliphatic rings. The second-order valence-corrected chi connectivity index (χ2v) is 8.14. The second-order valence-electron chi connectivity index (χ2n) is 6.68. The molecule has 6 heteroatoms. The largest absolute Gasteiger partial charge is 0.441 e. The number of carbonyl (C=O) groups is 1. The SMILES string of the molecule is CC[C@@H](C)NC(=O)c1ccc(-c2nc(C[S@](=O)c3ccccc3)c(C)o2)cc1. The van der Waals surface area contributed by atoms with Gasteiger partial charge in [-0.15, -0.1) is 0 Å². The van der Waals surface area contributed by atoms with Crippen LogP contribution in [-0.4, -0.2) is 21.1 Å². The summed E-state index contributed by atoms with van der Waals surface area (Å²) < 4.78 is 18.3. The normalized spacial score (nSPS) is 13.1. The summed E-state index contributed by atoms with van der Waals surface area (Å²) in [5.41, 5.74) is 2.05. The Morgan fingerprint density at radius 1 is 1.14 bits per heavy atom. The highest BCUT2D eigenvalue weighted by Crippen LogP contribution is 2.24. The van der Waals surface area contributed by atoms with Crippen LogP contribution in [0.2, 0.25) is 0 Å². The van der Waals surface area contributed by atoms with Gasteiger partial charge in [-0.3, -0.25) is 9.00 Å². The molecule has 0 radical (unpaired) electrons. The quantitative estimate of drug-likeness (QED) is 0.639. The first-order valence-corrected chi connectivity index (χ1v) is 10.6. The van der Waals surface area contributed by atoms with E-state index in [1.54, 1.807) is 12.1 Å². The van der Waals surface area contributed by atoms with Gasteiger partial charge in [-0.05, 0) is 56.7 Å². The minimum atomic E-state index is -1.18. The fraction of sp³-hybridized carbons (Fsp3) is 0.273. The third-order valence-electron chi connectivity index (χ3n) is 4.55. The van der Waals surface area contributed by atoms with Crippen LogP contribution in [0.25, 0.3) is 11.5 Å². The average Bonchev–Trinajstić information content (AvgIpc) is 3.08. The van der Waals surface area contributed by atoms with Crippen LogP contribution in [0.1, 0.15) is 42.1 Å². The van der Waals surface area contributed by atoms with Crippen LogP contribution < -0.4 is 5.32 Å². The fourth-order valence-electron chi connectivity index (χ4n) is 2.64. The molecule has 3 rings (SSSR count). The maximum absolute atomic E-state index is 12.5. The summed E-state index contributed by atoms with van der Waals surface area (Å²) in [6.07, 6.45) is 0.881. The Labute approximate surface area is 167 Å². The van der Waals surface area contributed by atoms with E-state index in [-0.39, 0.29) is 11.9 Å². The number of aromatic nitrogens is 1. The van der Waals surface area contributed by atoms with Gasteiger partial charge in [0.2, 0.25) is 5.89 Å². The van der Waals surface area contributed by atoms with Crippen molar-refractivity contribution < 1.29 is 13.4 Å². The predicted octanol–water partition coefficient (Wildman–Crippen LogP) is 4.49. The van der Waals surface area contributed by atoms with Crippen LogP contribution in [0.3, 0.4) is 0 Å². The molecule has 0 fully saturated rings. The zero-order valence-corrected chi connectivity index (χ0v) is 17.1. The second kappa shape index (κ2) is 8.97. The molecule has 146 valence electrons. The molecule has 28 heavy (non-hydrogen) atoms. The molecule has 0 aliphatic heterocycles. The Balaban J connectivity index is 1.74. The standard InChI is InChI=1S/C22H24N2O3S/c1-4-15(2)23-21(25)17-10-12-18(13-11-17)22-24-20(16(3)27-22)14-28(26)19-8-6-5-7-9-19/h5-13,15H,4,14H2,1-3H3,(H,23,25)/t15-,28+/m1/s1. The third kappa shape index (κ3) is 4.75. The van der Waals surface area contributed by atoms with Crippen molar-refractivity contribution in [2.45, 2.75) is 43.9 Å². The highest BCUT2D eigenvalue weighted by molar-refractivity contribution is 7.84. The number of amides is 1. The van der Waals surface area contributed by atoms with Gasteiger partial charge in [0.25, 0.3) is 5.91 Å². The Morgan fingerprint density at radius 3 is 2.46 bits per heavy atom. The van der Waals surface area contributed by atoms with Crippen molar-refractivity contribution in [1.29, 1.82) is 0 Å². The summed E-state index contributed by atoms with van der Waals surface area (Å²) in [6, 6.07) is 16.6. The first kappa shape index (κ1) is 20.0. The van der Waals surface area contributed by atoms with Crippen LogP contribution in [0.4, 0.5) is 0 Å². The number of nitrogens with one attached hydrogen (secondary N) is 1. The number of hydrogen-bond donors (Lipinski definition) is 1. The van der Waals surface area contributed by atoms with Crippen molar-refractivity contribution in [3.63, 3.8) is 0 Å². The molecule has 3 aromatic rings. The van der Waals surface area contributed by atoms with Crippen molar-refractivity contribution in [1.82, 2.24) is 10.3 Å². The van der Waals surface area contributed by atoms with E-state index < -0.39 is 10.8 Å². The Morgan fingerprint density at radius 2 is 1.82 bits per heavy atom. The van der Waals surface area contributed by atoms with E-state index in [4.69, 9.17) is 4.42 Å². The van der Waals surface area contributed by atoms with E-state index in [9.17, 15) is 9.00 Å². The van der Waals surface area contributed by atoms with Gasteiger partial charge in [-0.25, -0.2) is 4.98 Å². The minimum absolute atomic E-state index is 0.0940. The van der Waals surface area contributed by atoms with Crippen LogP contribution in [0.5, 0.6) is 0 Å². The first-order chi connectivity index (χ1) is 13.5. The van der Waals surface area contributed by atoms with Crippen LogP contribution in [0, 0.1) is 6.92 Å². The van der Waals surface area contributed by atoms with Gasteiger partial charge in [0.1, 0.15) is 5.76 Å². The summed E-state index contributed by atoms with van der Waals surface area (Å²) in [4.78, 5) is 17.5. The van der Waals surface area contributed by atoms with Gasteiger partial charge >= 0.3 is 0 Å². The van der Waals surface area contributed by atoms with E-state index >= 15 is 0 Å². The molecule has 2 aromatic carbocycles. The molecule has 0 saturated carbocycles. The highest BCUT2D eigenvalue weighted by Gasteiger charge is 2.16. The van der Waals surface area contributed by atoms with Crippen molar-refractivity contribution in [2.75, 3.05) is 0 Å². The van der Waals surface area contributed by atoms with Gasteiger partial charge in [0.15, 0.2) is 0 Å². The number of nitrogens with zero attached hydrogens (tertiary/aromatic N) is 1. The Bertz CT molecular complexity index is 965. The van der Waals surface area contributed by atoms with Gasteiger partial charge in [-0.1, -0.05) is 25.1 Å². The molecular weight excluding hydrogens is 372 g/mol. The van der Waals surface area contributed by atoms with Crippen LogP contribution in [0.15, 0.2) is 63.9 Å². The molecule has 2 atom stereocenters. The topological polar surface area (TPSA) is 72.2 Å². The van der Waals surface area contributed by atoms with Crippen LogP contribution >= 0.6 is 0 Å². The lowest BCUT2D eigenvalue weighted by atomic mass is 10.1. The van der Waals surface area contributed by atoms with Crippen molar-refractivity contribution in [3.05, 3.63) is 71.6 Å². The van der Waals surface area contributed by atoms with Gasteiger partial charge in [0.05, 0.1) is 22.2 Å². The monoisotopic (exact) mass is 396 g/mol. The maximum atomic E-state index is 12.5. The fourth-order valence-corrected chi connectivity index (χ4v) is 3.78. The summed E-state index contributed by atoms with van der Waals surface area (Å²) >= 11 is 0. The minimum Gasteiger partial charge on any atom is -0.441 e. The molecule has 0 unspecified atom stereocenters. The highest BCUT2D eigenvalue weighted by atomic mass is 32.2. The molecule has 1 N–H and O–H groups in total. The van der Waals surface area contributed by atoms with E-state index in [0.717, 1.165) is 16.9 Å². The zero-order chi connectivity index (χ0) is 20.1. The number of oxazole rings is 1. The molecule has 0 spiro atoms. The summed E-state index contributed by atoms with van der Waals surface area (Å²) in [6.45, 7) is 5.83. The number of aryl methyl sites for hydroxylation is 1. The van der Waals surface area contributed by atoms with Gasteiger partial charge in [0, 0.05) is 22.1 Å². The lowest BCUT2D eigenvalue weighted by Crippen LogP contribution is -2.31. The van der Waals surface area contributed by atoms with E-state index in [1.165, 1.54) is 0 Å². The zero-order valence-electron chi connectivity index (χ0n) is 16.3. The molecule has 0 bridgehead atoms. The maximum Gasteiger partial charge on any atom is 0.251 e. The van der Waals surface area contributed by atoms with Crippen LogP contribution in [-0.2, 0) is 16.6 Å². The van der Waals surface area contributed by atoms with E-state index in [1.807, 2.05) is 63.2 Å². The van der Waals surface area contributed by atoms with Gasteiger partial charge < -0.3 is 9.73 Å². The number of carbonyl (C=O) groups excluding carboxylic acids is 1. The molecule has 0 saturated heterocycles. The first-order valence-electron chi connectivity index (χ1n) is 9.29. The summed E-state index contributed by atoms with van der Waals surface area (Å²) in [5, 5.41) is 2.94. The van der Waals surface area contributed by atoms with Crippen molar-refractivity contribution in [3.8, 4) is 11.5 Å². The number of benzene rings is 2. The van der Waals surface area contributed by atoms with Crippen molar-refractivity contribution in [2.24, 2.45) is 0 Å². The molecule has 0 aliphatic carbocycles. The summed E-state index contributed by atoms with van der Waals surface area (Å²) in [7, 11) is -1.18. The number of hydrogen-bond acceptors (Lipinski definition) is 4. The predicted molar refractivity (Wildman–Crippen MR) is 110 cm³/mol. The van der Waals surface area contributed by atoms with E-state index in [2.05, 4.69) is 10.3 Å². The Kier molecular flexibility index (Phi) is 6.41. The lowest BCUT2D eigenvalue weighted by Gasteiger charge is -2.11. The van der Waals surface area contributed by atoms with Crippen molar-refractivity contribution >= 4 is 16.7 Å².